The molecule has 1 saturated heterocycles. The van der Waals surface area contributed by atoms with E-state index < -0.39 is 0 Å². The van der Waals surface area contributed by atoms with Crippen LogP contribution in [0.5, 0.6) is 0 Å². The van der Waals surface area contributed by atoms with Gasteiger partial charge in [-0.05, 0) is 25.3 Å². The van der Waals surface area contributed by atoms with Gasteiger partial charge < -0.3 is 5.32 Å². The van der Waals surface area contributed by atoms with Gasteiger partial charge in [0, 0.05) is 31.2 Å². The summed E-state index contributed by atoms with van der Waals surface area (Å²) >= 11 is 0. The number of rotatable bonds is 5. The molecule has 112 valence electrons. The minimum absolute atomic E-state index is 0.258. The van der Waals surface area contributed by atoms with Crippen molar-refractivity contribution in [2.45, 2.75) is 52.1 Å². The van der Waals surface area contributed by atoms with Gasteiger partial charge in [-0.1, -0.05) is 57.0 Å². The number of hydrogen-bond acceptors (Lipinski definition) is 2. The molecule has 1 aromatic carbocycles. The molecule has 2 nitrogen and oxygen atoms in total. The van der Waals surface area contributed by atoms with Crippen molar-refractivity contribution in [2.75, 3.05) is 19.6 Å². The second kappa shape index (κ2) is 6.73. The number of nitrogens with zero attached hydrogens (tertiary/aromatic N) is 1. The largest absolute Gasteiger partial charge is 0.307 e. The standard InChI is InChI=1S/C18H30N2/c1-5-15(6-2)12-20-13-17(19-14-18(20,3)4)16-10-8-7-9-11-16/h7-11,15,17,19H,5-6,12-14H2,1-4H3. The summed E-state index contributed by atoms with van der Waals surface area (Å²) in [5, 5.41) is 3.72. The van der Waals surface area contributed by atoms with E-state index in [1.165, 1.54) is 24.9 Å². The van der Waals surface area contributed by atoms with Gasteiger partial charge in [0.25, 0.3) is 0 Å². The van der Waals surface area contributed by atoms with Crippen molar-refractivity contribution >= 4 is 0 Å². The molecule has 0 radical (unpaired) electrons. The summed E-state index contributed by atoms with van der Waals surface area (Å²) in [6, 6.07) is 11.3. The van der Waals surface area contributed by atoms with Gasteiger partial charge >= 0.3 is 0 Å². The monoisotopic (exact) mass is 274 g/mol. The Morgan fingerprint density at radius 1 is 1.20 bits per heavy atom. The first kappa shape index (κ1) is 15.5. The molecule has 1 atom stereocenters. The van der Waals surface area contributed by atoms with Gasteiger partial charge in [0.1, 0.15) is 0 Å². The number of benzene rings is 1. The molecule has 2 rings (SSSR count). The Kier molecular flexibility index (Phi) is 5.22. The van der Waals surface area contributed by atoms with Crippen LogP contribution in [-0.2, 0) is 0 Å². The van der Waals surface area contributed by atoms with E-state index in [2.05, 4.69) is 68.2 Å². The van der Waals surface area contributed by atoms with Crippen LogP contribution >= 0.6 is 0 Å². The maximum Gasteiger partial charge on any atom is 0.0450 e. The molecule has 0 spiro atoms. The van der Waals surface area contributed by atoms with E-state index in [9.17, 15) is 0 Å². The molecule has 0 saturated carbocycles. The lowest BCUT2D eigenvalue weighted by molar-refractivity contribution is 0.0489. The van der Waals surface area contributed by atoms with Crippen LogP contribution in [0.1, 0.15) is 52.1 Å². The molecule has 1 aromatic rings. The van der Waals surface area contributed by atoms with Gasteiger partial charge in [0.05, 0.1) is 0 Å². The van der Waals surface area contributed by atoms with Crippen molar-refractivity contribution < 1.29 is 0 Å². The molecular formula is C18H30N2. The predicted molar refractivity (Wildman–Crippen MR) is 86.9 cm³/mol. The summed E-state index contributed by atoms with van der Waals surface area (Å²) in [6.07, 6.45) is 2.57. The van der Waals surface area contributed by atoms with Gasteiger partial charge in [-0.25, -0.2) is 0 Å². The van der Waals surface area contributed by atoms with E-state index in [0.29, 0.717) is 6.04 Å². The van der Waals surface area contributed by atoms with Crippen molar-refractivity contribution in [1.82, 2.24) is 10.2 Å². The van der Waals surface area contributed by atoms with Crippen LogP contribution in [0, 0.1) is 5.92 Å². The second-order valence-corrected chi connectivity index (χ2v) is 6.74. The van der Waals surface area contributed by atoms with Crippen LogP contribution in [-0.4, -0.2) is 30.1 Å². The van der Waals surface area contributed by atoms with Crippen molar-refractivity contribution in [3.8, 4) is 0 Å². The topological polar surface area (TPSA) is 15.3 Å². The first-order chi connectivity index (χ1) is 9.56. The smallest absolute Gasteiger partial charge is 0.0450 e. The Balaban J connectivity index is 2.08. The van der Waals surface area contributed by atoms with Crippen molar-refractivity contribution in [3.63, 3.8) is 0 Å². The zero-order valence-corrected chi connectivity index (χ0v) is 13.5. The Labute approximate surface area is 124 Å². The van der Waals surface area contributed by atoms with E-state index in [1.807, 2.05) is 0 Å². The second-order valence-electron chi connectivity index (χ2n) is 6.74. The molecule has 20 heavy (non-hydrogen) atoms. The van der Waals surface area contributed by atoms with Crippen LogP contribution < -0.4 is 5.32 Å². The number of nitrogens with one attached hydrogen (secondary N) is 1. The molecule has 0 amide bonds. The third-order valence-electron chi connectivity index (χ3n) is 4.88. The molecule has 1 heterocycles. The average molecular weight is 274 g/mol. The molecule has 0 aromatic heterocycles. The Bertz CT molecular complexity index is 395. The molecule has 2 heteroatoms. The lowest BCUT2D eigenvalue weighted by Crippen LogP contribution is -2.59. The highest BCUT2D eigenvalue weighted by Gasteiger charge is 2.34. The van der Waals surface area contributed by atoms with E-state index in [4.69, 9.17) is 0 Å². The van der Waals surface area contributed by atoms with E-state index in [-0.39, 0.29) is 5.54 Å². The van der Waals surface area contributed by atoms with Crippen molar-refractivity contribution in [3.05, 3.63) is 35.9 Å². The fourth-order valence-electron chi connectivity index (χ4n) is 3.11. The third kappa shape index (κ3) is 3.62. The maximum absolute atomic E-state index is 3.72. The molecule has 1 unspecified atom stereocenters. The fourth-order valence-corrected chi connectivity index (χ4v) is 3.11. The SMILES string of the molecule is CCC(CC)CN1CC(c2ccccc2)NCC1(C)C. The van der Waals surface area contributed by atoms with Crippen LogP contribution in [0.4, 0.5) is 0 Å². The van der Waals surface area contributed by atoms with Crippen molar-refractivity contribution in [2.24, 2.45) is 5.92 Å². The summed E-state index contributed by atoms with van der Waals surface area (Å²) in [6.45, 7) is 12.8. The normalized spacial score (nSPS) is 23.1. The summed E-state index contributed by atoms with van der Waals surface area (Å²) in [7, 11) is 0. The molecule has 1 N–H and O–H groups in total. The van der Waals surface area contributed by atoms with Gasteiger partial charge in [-0.3, -0.25) is 4.90 Å². The molecule has 1 aliphatic heterocycles. The Morgan fingerprint density at radius 3 is 2.45 bits per heavy atom. The van der Waals surface area contributed by atoms with Gasteiger partial charge in [0.15, 0.2) is 0 Å². The highest BCUT2D eigenvalue weighted by Crippen LogP contribution is 2.27. The summed E-state index contributed by atoms with van der Waals surface area (Å²) in [5.74, 6) is 0.823. The van der Waals surface area contributed by atoms with Gasteiger partial charge in [-0.2, -0.15) is 0 Å². The zero-order chi connectivity index (χ0) is 14.6. The summed E-state index contributed by atoms with van der Waals surface area (Å²) in [4.78, 5) is 2.69. The van der Waals surface area contributed by atoms with Gasteiger partial charge in [-0.15, -0.1) is 0 Å². The molecular weight excluding hydrogens is 244 g/mol. The number of hydrogen-bond donors (Lipinski definition) is 1. The van der Waals surface area contributed by atoms with Crippen LogP contribution in [0.25, 0.3) is 0 Å². The quantitative estimate of drug-likeness (QED) is 0.877. The third-order valence-corrected chi connectivity index (χ3v) is 4.88. The minimum Gasteiger partial charge on any atom is -0.307 e. The first-order valence-corrected chi connectivity index (χ1v) is 8.10. The van der Waals surface area contributed by atoms with Crippen LogP contribution in [0.2, 0.25) is 0 Å². The van der Waals surface area contributed by atoms with Gasteiger partial charge in [0.2, 0.25) is 0 Å². The zero-order valence-electron chi connectivity index (χ0n) is 13.5. The van der Waals surface area contributed by atoms with Crippen molar-refractivity contribution in [1.29, 1.82) is 0 Å². The lowest BCUT2D eigenvalue weighted by atomic mass is 9.91. The van der Waals surface area contributed by atoms with E-state index in [0.717, 1.165) is 19.0 Å². The highest BCUT2D eigenvalue weighted by atomic mass is 15.3. The average Bonchev–Trinajstić information content (AvgIpc) is 2.47. The summed E-state index contributed by atoms with van der Waals surface area (Å²) in [5.41, 5.74) is 1.67. The van der Waals surface area contributed by atoms with E-state index >= 15 is 0 Å². The minimum atomic E-state index is 0.258. The molecule has 1 fully saturated rings. The highest BCUT2D eigenvalue weighted by molar-refractivity contribution is 5.20. The predicted octanol–water partition coefficient (Wildman–Crippen LogP) is 3.85. The Morgan fingerprint density at radius 2 is 1.85 bits per heavy atom. The lowest BCUT2D eigenvalue weighted by Gasteiger charge is -2.47. The molecule has 0 bridgehead atoms. The van der Waals surface area contributed by atoms with E-state index in [1.54, 1.807) is 0 Å². The first-order valence-electron chi connectivity index (χ1n) is 8.10. The van der Waals surface area contributed by atoms with Crippen LogP contribution in [0.3, 0.4) is 0 Å². The fraction of sp³-hybridized carbons (Fsp3) is 0.667. The maximum atomic E-state index is 3.72. The molecule has 1 aliphatic rings. The Hall–Kier alpha value is -0.860. The summed E-state index contributed by atoms with van der Waals surface area (Å²) < 4.78 is 0. The van der Waals surface area contributed by atoms with Crippen LogP contribution in [0.15, 0.2) is 30.3 Å². The molecule has 0 aliphatic carbocycles. The number of piperazine rings is 1.